The van der Waals surface area contributed by atoms with Gasteiger partial charge >= 0.3 is 11.9 Å². The van der Waals surface area contributed by atoms with E-state index in [-0.39, 0.29) is 25.0 Å². The van der Waals surface area contributed by atoms with Gasteiger partial charge in [0.15, 0.2) is 0 Å². The van der Waals surface area contributed by atoms with E-state index in [1.54, 1.807) is 4.90 Å². The largest absolute Gasteiger partial charge is 0.468 e. The topological polar surface area (TPSA) is 55.8 Å². The fourth-order valence-electron chi connectivity index (χ4n) is 1.87. The van der Waals surface area contributed by atoms with Crippen molar-refractivity contribution < 1.29 is 19.1 Å². The number of anilines is 1. The first-order chi connectivity index (χ1) is 11.5. The third-order valence-corrected chi connectivity index (χ3v) is 5.11. The van der Waals surface area contributed by atoms with E-state index in [1.807, 2.05) is 30.3 Å². The van der Waals surface area contributed by atoms with E-state index in [2.05, 4.69) is 39.3 Å². The molecule has 0 saturated heterocycles. The van der Waals surface area contributed by atoms with Crippen LogP contribution in [0.25, 0.3) is 0 Å². The predicted molar refractivity (Wildman–Crippen MR) is 107 cm³/mol. The van der Waals surface area contributed by atoms with Crippen LogP contribution < -0.4 is 4.90 Å². The molecule has 0 spiro atoms. The maximum absolute atomic E-state index is 12.2. The van der Waals surface area contributed by atoms with Crippen molar-refractivity contribution in [3.8, 4) is 0 Å². The number of ether oxygens (including phenoxy) is 2. The monoisotopic (exact) mass is 381 g/mol. The average molecular weight is 382 g/mol. The molecule has 0 aliphatic rings. The Kier molecular flexibility index (Phi) is 7.88. The normalized spacial score (nSPS) is 11.8. The van der Waals surface area contributed by atoms with Crippen LogP contribution in [0.4, 0.5) is 5.69 Å². The summed E-state index contributed by atoms with van der Waals surface area (Å²) in [4.78, 5) is 26.1. The molecule has 0 aromatic heterocycles. The van der Waals surface area contributed by atoms with E-state index in [9.17, 15) is 9.59 Å². The number of carbonyl (C=O) groups is 2. The molecular formula is C18H31NO4Si2. The van der Waals surface area contributed by atoms with Gasteiger partial charge in [0.1, 0.15) is 13.1 Å². The van der Waals surface area contributed by atoms with Crippen LogP contribution >= 0.6 is 0 Å². The Labute approximate surface area is 153 Å². The number of para-hydroxylation sites is 1. The van der Waals surface area contributed by atoms with Gasteiger partial charge in [0.2, 0.25) is 0 Å². The van der Waals surface area contributed by atoms with Crippen molar-refractivity contribution in [2.75, 3.05) is 30.4 Å². The van der Waals surface area contributed by atoms with Gasteiger partial charge in [0.05, 0.1) is 28.6 Å². The molecule has 0 aliphatic heterocycles. The number of carbonyl (C=O) groups excluding carboxylic acids is 2. The third-order valence-electron chi connectivity index (χ3n) is 3.09. The maximum Gasteiger partial charge on any atom is 0.325 e. The van der Waals surface area contributed by atoms with E-state index >= 15 is 0 Å². The second-order valence-corrected chi connectivity index (χ2v) is 19.5. The molecule has 0 amide bonds. The number of rotatable bonds is 9. The Hall–Kier alpha value is -1.61. The van der Waals surface area contributed by atoms with Crippen molar-refractivity contribution in [2.24, 2.45) is 0 Å². The van der Waals surface area contributed by atoms with Crippen LogP contribution in [-0.4, -0.2) is 53.6 Å². The summed E-state index contributed by atoms with van der Waals surface area (Å²) in [6.45, 7) is 12.9. The Morgan fingerprint density at radius 1 is 0.800 bits per heavy atom. The van der Waals surface area contributed by atoms with Crippen LogP contribution in [0.15, 0.2) is 30.3 Å². The number of hydrogen-bond donors (Lipinski definition) is 0. The summed E-state index contributed by atoms with van der Waals surface area (Å²) in [6.07, 6.45) is 0.961. The van der Waals surface area contributed by atoms with Crippen LogP contribution in [0, 0.1) is 0 Å². The quantitative estimate of drug-likeness (QED) is 0.485. The molecule has 1 aromatic carbocycles. The predicted octanol–water partition coefficient (Wildman–Crippen LogP) is 3.33. The highest BCUT2D eigenvalue weighted by atomic mass is 28.3. The van der Waals surface area contributed by atoms with Crippen LogP contribution in [0.1, 0.15) is 0 Å². The molecule has 5 nitrogen and oxygen atoms in total. The Morgan fingerprint density at radius 3 is 1.56 bits per heavy atom. The van der Waals surface area contributed by atoms with Gasteiger partial charge in [0.25, 0.3) is 0 Å². The van der Waals surface area contributed by atoms with Gasteiger partial charge in [-0.2, -0.15) is 0 Å². The summed E-state index contributed by atoms with van der Waals surface area (Å²) in [6, 6.07) is 9.40. The Morgan fingerprint density at radius 2 is 1.20 bits per heavy atom. The summed E-state index contributed by atoms with van der Waals surface area (Å²) in [5.74, 6) is -0.631. The highest BCUT2D eigenvalue weighted by molar-refractivity contribution is 6.76. The fourth-order valence-corrected chi connectivity index (χ4v) is 3.06. The first kappa shape index (κ1) is 21.4. The van der Waals surface area contributed by atoms with E-state index in [4.69, 9.17) is 9.47 Å². The lowest BCUT2D eigenvalue weighted by Crippen LogP contribution is -2.39. The minimum absolute atomic E-state index is 0.0382. The van der Waals surface area contributed by atoms with Crippen LogP contribution in [0.3, 0.4) is 0 Å². The molecule has 0 N–H and O–H groups in total. The first-order valence-electron chi connectivity index (χ1n) is 8.57. The number of nitrogens with zero attached hydrogens (tertiary/aromatic N) is 1. The molecule has 0 unspecified atom stereocenters. The van der Waals surface area contributed by atoms with Crippen molar-refractivity contribution >= 4 is 33.8 Å². The van der Waals surface area contributed by atoms with Crippen molar-refractivity contribution in [1.29, 1.82) is 0 Å². The van der Waals surface area contributed by atoms with Gasteiger partial charge in [-0.3, -0.25) is 9.59 Å². The molecule has 0 fully saturated rings. The zero-order valence-electron chi connectivity index (χ0n) is 16.3. The molecule has 0 radical (unpaired) electrons. The third kappa shape index (κ3) is 10.1. The number of hydrogen-bond acceptors (Lipinski definition) is 5. The molecule has 0 saturated carbocycles. The second kappa shape index (κ2) is 9.19. The lowest BCUT2D eigenvalue weighted by molar-refractivity contribution is -0.141. The molecule has 0 aliphatic carbocycles. The van der Waals surface area contributed by atoms with Crippen LogP contribution in [0.2, 0.25) is 39.3 Å². The molecule has 0 bridgehead atoms. The Balaban J connectivity index is 2.71. The minimum atomic E-state index is -1.46. The zero-order chi connectivity index (χ0) is 19.1. The smallest absolute Gasteiger partial charge is 0.325 e. The molecule has 1 aromatic rings. The summed E-state index contributed by atoms with van der Waals surface area (Å²) >= 11 is 0. The van der Waals surface area contributed by atoms with Gasteiger partial charge in [-0.25, -0.2) is 0 Å². The fraction of sp³-hybridized carbons (Fsp3) is 0.556. The van der Waals surface area contributed by atoms with Crippen molar-refractivity contribution in [1.82, 2.24) is 0 Å². The van der Waals surface area contributed by atoms with Gasteiger partial charge < -0.3 is 14.4 Å². The van der Waals surface area contributed by atoms with Crippen LogP contribution in [0.5, 0.6) is 0 Å². The standard InChI is InChI=1S/C18H31NO4Si2/c1-24(2,3)14-22-17(20)12-19(16-10-8-7-9-11-16)13-18(21)23-15-25(4,5)6/h7-11H,12-15H2,1-6H3. The van der Waals surface area contributed by atoms with Crippen molar-refractivity contribution in [3.05, 3.63) is 30.3 Å². The number of benzene rings is 1. The molecule has 7 heteroatoms. The summed E-state index contributed by atoms with van der Waals surface area (Å²) < 4.78 is 10.8. The van der Waals surface area contributed by atoms with Crippen molar-refractivity contribution in [3.63, 3.8) is 0 Å². The van der Waals surface area contributed by atoms with E-state index < -0.39 is 16.1 Å². The average Bonchev–Trinajstić information content (AvgIpc) is 2.50. The molecule has 1 rings (SSSR count). The van der Waals surface area contributed by atoms with Crippen LogP contribution in [-0.2, 0) is 19.1 Å². The van der Waals surface area contributed by atoms with E-state index in [0.29, 0.717) is 12.5 Å². The van der Waals surface area contributed by atoms with Gasteiger partial charge in [0, 0.05) is 5.69 Å². The summed E-state index contributed by atoms with van der Waals surface area (Å²) in [5, 5.41) is 0. The summed E-state index contributed by atoms with van der Waals surface area (Å²) in [7, 11) is -2.93. The molecule has 0 atom stereocenters. The van der Waals surface area contributed by atoms with Gasteiger partial charge in [-0.1, -0.05) is 57.5 Å². The van der Waals surface area contributed by atoms with Crippen molar-refractivity contribution in [2.45, 2.75) is 39.3 Å². The molecule has 25 heavy (non-hydrogen) atoms. The Bertz CT molecular complexity index is 533. The maximum atomic E-state index is 12.2. The second-order valence-electron chi connectivity index (χ2n) is 8.63. The highest BCUT2D eigenvalue weighted by Crippen LogP contribution is 2.14. The molecule has 140 valence electrons. The zero-order valence-corrected chi connectivity index (χ0v) is 18.3. The van der Waals surface area contributed by atoms with E-state index in [0.717, 1.165) is 5.69 Å². The molecular weight excluding hydrogens is 350 g/mol. The number of esters is 2. The molecule has 0 heterocycles. The lowest BCUT2D eigenvalue weighted by Gasteiger charge is -2.25. The first-order valence-corrected chi connectivity index (χ1v) is 16.0. The van der Waals surface area contributed by atoms with E-state index in [1.165, 1.54) is 0 Å². The lowest BCUT2D eigenvalue weighted by atomic mass is 10.3. The highest BCUT2D eigenvalue weighted by Gasteiger charge is 2.22. The SMILES string of the molecule is C[Si](C)(C)COC(=O)CN(CC(=O)OC[Si](C)(C)C)c1ccccc1. The van der Waals surface area contributed by atoms with Gasteiger partial charge in [-0.05, 0) is 12.1 Å². The minimum Gasteiger partial charge on any atom is -0.468 e. The summed E-state index contributed by atoms with van der Waals surface area (Å²) in [5.41, 5.74) is 0.803. The van der Waals surface area contributed by atoms with Gasteiger partial charge in [-0.15, -0.1) is 0 Å².